The fraction of sp³-hybridized carbons (Fsp3) is 0.571. The predicted molar refractivity (Wildman–Crippen MR) is 130 cm³/mol. The van der Waals surface area contributed by atoms with Crippen LogP contribution in [-0.2, 0) is 13.1 Å². The summed E-state index contributed by atoms with van der Waals surface area (Å²) in [6, 6.07) is 9.00. The number of aliphatic imine (C=N–C) groups is 1. The molecule has 1 aromatic carbocycles. The van der Waals surface area contributed by atoms with E-state index >= 15 is 0 Å². The number of guanidine groups is 1. The quantitative estimate of drug-likeness (QED) is 0.255. The Hall–Kier alpha value is -1.84. The van der Waals surface area contributed by atoms with Gasteiger partial charge >= 0.3 is 0 Å². The lowest BCUT2D eigenvalue weighted by Crippen LogP contribution is -2.38. The molecule has 0 unspecified atom stereocenters. The van der Waals surface area contributed by atoms with Crippen molar-refractivity contribution in [2.45, 2.75) is 45.2 Å². The van der Waals surface area contributed by atoms with E-state index in [0.29, 0.717) is 0 Å². The standard InChI is InChI=1S/C21H33N7.HI/c1-22-21(23-12-4-7-13-27-17-24-25-18-27)26(2)16-19-8-10-20(11-9-19)28-14-5-3-6-15-28;/h8-11,17-18H,3-7,12-16H2,1-2H3,(H,22,23);1H. The van der Waals surface area contributed by atoms with E-state index in [-0.39, 0.29) is 24.0 Å². The molecule has 2 heterocycles. The van der Waals surface area contributed by atoms with E-state index in [1.807, 2.05) is 11.6 Å². The SMILES string of the molecule is CN=C(NCCCCn1cnnc1)N(C)Cc1ccc(N2CCCCC2)cc1.I. The number of piperidine rings is 1. The summed E-state index contributed by atoms with van der Waals surface area (Å²) in [6.45, 7) is 5.08. The topological polar surface area (TPSA) is 61.6 Å². The fourth-order valence-corrected chi connectivity index (χ4v) is 3.65. The Morgan fingerprint density at radius 3 is 2.41 bits per heavy atom. The van der Waals surface area contributed by atoms with Crippen LogP contribution >= 0.6 is 24.0 Å². The number of nitrogens with zero attached hydrogens (tertiary/aromatic N) is 6. The Balaban J connectivity index is 0.00000300. The average molecular weight is 511 g/mol. The minimum absolute atomic E-state index is 0. The first-order valence-corrected chi connectivity index (χ1v) is 10.3. The molecule has 1 saturated heterocycles. The summed E-state index contributed by atoms with van der Waals surface area (Å²) in [4.78, 5) is 9.09. The molecule has 0 radical (unpaired) electrons. The van der Waals surface area contributed by atoms with Crippen molar-refractivity contribution in [3.63, 3.8) is 0 Å². The van der Waals surface area contributed by atoms with Gasteiger partial charge < -0.3 is 19.7 Å². The number of benzene rings is 1. The molecule has 160 valence electrons. The van der Waals surface area contributed by atoms with Crippen LogP contribution in [0.2, 0.25) is 0 Å². The molecule has 1 fully saturated rings. The van der Waals surface area contributed by atoms with Gasteiger partial charge in [-0.05, 0) is 49.8 Å². The molecule has 3 rings (SSSR count). The number of halogens is 1. The largest absolute Gasteiger partial charge is 0.372 e. The first kappa shape index (κ1) is 23.4. The summed E-state index contributed by atoms with van der Waals surface area (Å²) in [5.41, 5.74) is 2.65. The minimum Gasteiger partial charge on any atom is -0.372 e. The molecule has 0 saturated carbocycles. The van der Waals surface area contributed by atoms with Gasteiger partial charge in [-0.3, -0.25) is 4.99 Å². The molecule has 29 heavy (non-hydrogen) atoms. The van der Waals surface area contributed by atoms with Gasteiger partial charge in [-0.1, -0.05) is 12.1 Å². The molecule has 8 heteroatoms. The number of aryl methyl sites for hydroxylation is 1. The summed E-state index contributed by atoms with van der Waals surface area (Å²) < 4.78 is 2.01. The van der Waals surface area contributed by atoms with Gasteiger partial charge in [-0.15, -0.1) is 34.2 Å². The van der Waals surface area contributed by atoms with Crippen LogP contribution in [0.15, 0.2) is 41.9 Å². The van der Waals surface area contributed by atoms with Crippen LogP contribution in [0.25, 0.3) is 0 Å². The van der Waals surface area contributed by atoms with Gasteiger partial charge in [-0.25, -0.2) is 0 Å². The zero-order valence-corrected chi connectivity index (χ0v) is 20.0. The van der Waals surface area contributed by atoms with Crippen LogP contribution in [0.3, 0.4) is 0 Å². The lowest BCUT2D eigenvalue weighted by molar-refractivity contribution is 0.473. The van der Waals surface area contributed by atoms with Crippen molar-refractivity contribution < 1.29 is 0 Å². The Morgan fingerprint density at radius 1 is 1.07 bits per heavy atom. The maximum Gasteiger partial charge on any atom is 0.193 e. The molecule has 0 amide bonds. The van der Waals surface area contributed by atoms with Crippen LogP contribution < -0.4 is 10.2 Å². The van der Waals surface area contributed by atoms with Crippen molar-refractivity contribution in [3.05, 3.63) is 42.5 Å². The van der Waals surface area contributed by atoms with E-state index in [1.165, 1.54) is 43.6 Å². The smallest absolute Gasteiger partial charge is 0.193 e. The van der Waals surface area contributed by atoms with Crippen molar-refractivity contribution in [1.82, 2.24) is 25.0 Å². The fourth-order valence-electron chi connectivity index (χ4n) is 3.65. The summed E-state index contributed by atoms with van der Waals surface area (Å²) in [6.07, 6.45) is 9.68. The minimum atomic E-state index is 0. The second-order valence-electron chi connectivity index (χ2n) is 7.45. The summed E-state index contributed by atoms with van der Waals surface area (Å²) >= 11 is 0. The number of unbranched alkanes of at least 4 members (excludes halogenated alkanes) is 1. The second-order valence-corrected chi connectivity index (χ2v) is 7.45. The van der Waals surface area contributed by atoms with E-state index in [2.05, 4.69) is 61.6 Å². The van der Waals surface area contributed by atoms with Crippen molar-refractivity contribution >= 4 is 35.6 Å². The number of hydrogen-bond donors (Lipinski definition) is 1. The maximum absolute atomic E-state index is 4.42. The molecule has 0 spiro atoms. The van der Waals surface area contributed by atoms with Gasteiger partial charge in [0.25, 0.3) is 0 Å². The third-order valence-corrected chi connectivity index (χ3v) is 5.24. The van der Waals surface area contributed by atoms with E-state index in [9.17, 15) is 0 Å². The first-order valence-electron chi connectivity index (χ1n) is 10.3. The molecular weight excluding hydrogens is 477 g/mol. The van der Waals surface area contributed by atoms with Gasteiger partial charge in [0.15, 0.2) is 5.96 Å². The van der Waals surface area contributed by atoms with Crippen molar-refractivity contribution in [1.29, 1.82) is 0 Å². The Morgan fingerprint density at radius 2 is 1.76 bits per heavy atom. The number of rotatable bonds is 8. The van der Waals surface area contributed by atoms with E-state index < -0.39 is 0 Å². The third-order valence-electron chi connectivity index (χ3n) is 5.24. The summed E-state index contributed by atoms with van der Waals surface area (Å²) in [5.74, 6) is 0.935. The van der Waals surface area contributed by atoms with Crippen LogP contribution in [0, 0.1) is 0 Å². The monoisotopic (exact) mass is 511 g/mol. The zero-order valence-electron chi connectivity index (χ0n) is 17.6. The van der Waals surface area contributed by atoms with Gasteiger partial charge in [0.1, 0.15) is 12.7 Å². The highest BCUT2D eigenvalue weighted by Crippen LogP contribution is 2.20. The Labute approximate surface area is 191 Å². The highest BCUT2D eigenvalue weighted by atomic mass is 127. The molecule has 1 aromatic heterocycles. The van der Waals surface area contributed by atoms with Crippen molar-refractivity contribution in [2.24, 2.45) is 4.99 Å². The third kappa shape index (κ3) is 7.49. The number of hydrogen-bond acceptors (Lipinski definition) is 4. The van der Waals surface area contributed by atoms with Crippen LogP contribution in [0.4, 0.5) is 5.69 Å². The number of aromatic nitrogens is 3. The van der Waals surface area contributed by atoms with E-state index in [1.54, 1.807) is 12.7 Å². The summed E-state index contributed by atoms with van der Waals surface area (Å²) in [7, 11) is 3.93. The molecule has 7 nitrogen and oxygen atoms in total. The number of anilines is 1. The van der Waals surface area contributed by atoms with E-state index in [0.717, 1.165) is 38.4 Å². The average Bonchev–Trinajstić information content (AvgIpc) is 3.25. The Kier molecular flexibility index (Phi) is 10.2. The number of nitrogens with one attached hydrogen (secondary N) is 1. The lowest BCUT2D eigenvalue weighted by Gasteiger charge is -2.29. The van der Waals surface area contributed by atoms with Crippen LogP contribution in [0.1, 0.15) is 37.7 Å². The molecular formula is C21H34IN7. The lowest BCUT2D eigenvalue weighted by atomic mass is 10.1. The van der Waals surface area contributed by atoms with Crippen LogP contribution in [-0.4, -0.2) is 59.4 Å². The molecule has 0 atom stereocenters. The normalized spacial score (nSPS) is 14.4. The highest BCUT2D eigenvalue weighted by Gasteiger charge is 2.11. The van der Waals surface area contributed by atoms with Gasteiger partial charge in [-0.2, -0.15) is 0 Å². The highest BCUT2D eigenvalue weighted by molar-refractivity contribution is 14.0. The molecule has 1 aliphatic rings. The molecule has 0 aliphatic carbocycles. The van der Waals surface area contributed by atoms with Gasteiger partial charge in [0, 0.05) is 52.5 Å². The predicted octanol–water partition coefficient (Wildman–Crippen LogP) is 3.37. The first-order chi connectivity index (χ1) is 13.8. The molecule has 2 aromatic rings. The maximum atomic E-state index is 4.42. The van der Waals surface area contributed by atoms with E-state index in [4.69, 9.17) is 0 Å². The molecule has 1 aliphatic heterocycles. The molecule has 1 N–H and O–H groups in total. The van der Waals surface area contributed by atoms with Crippen molar-refractivity contribution in [2.75, 3.05) is 38.6 Å². The second kappa shape index (κ2) is 12.7. The Bertz CT molecular complexity index is 709. The van der Waals surface area contributed by atoms with Crippen LogP contribution in [0.5, 0.6) is 0 Å². The summed E-state index contributed by atoms with van der Waals surface area (Å²) in [5, 5.41) is 11.1. The van der Waals surface area contributed by atoms with Gasteiger partial charge in [0.05, 0.1) is 0 Å². The molecule has 0 bridgehead atoms. The van der Waals surface area contributed by atoms with Gasteiger partial charge in [0.2, 0.25) is 0 Å². The van der Waals surface area contributed by atoms with Crippen molar-refractivity contribution in [3.8, 4) is 0 Å². The zero-order chi connectivity index (χ0) is 19.6.